The van der Waals surface area contributed by atoms with E-state index in [9.17, 15) is 14.4 Å². The van der Waals surface area contributed by atoms with E-state index in [4.69, 9.17) is 5.26 Å². The summed E-state index contributed by atoms with van der Waals surface area (Å²) < 4.78 is 9.26. The average Bonchev–Trinajstić information content (AvgIpc) is 2.58. The molecule has 0 aliphatic heterocycles. The van der Waals surface area contributed by atoms with Gasteiger partial charge in [-0.3, -0.25) is 4.79 Å². The van der Waals surface area contributed by atoms with Gasteiger partial charge in [-0.25, -0.2) is 9.59 Å². The minimum Gasteiger partial charge on any atom is -0.467 e. The lowest BCUT2D eigenvalue weighted by Crippen LogP contribution is -2.45. The minimum absolute atomic E-state index is 0.0856. The highest BCUT2D eigenvalue weighted by Gasteiger charge is 2.28. The fourth-order valence-electron chi connectivity index (χ4n) is 1.95. The molecule has 1 aromatic carbocycles. The second-order valence-corrected chi connectivity index (χ2v) is 4.89. The molecular weight excluding hydrogens is 300 g/mol. The Morgan fingerprint density at radius 1 is 1.22 bits per heavy atom. The molecule has 0 radical (unpaired) electrons. The molecule has 0 aromatic heterocycles. The van der Waals surface area contributed by atoms with Gasteiger partial charge in [0.25, 0.3) is 5.91 Å². The first kappa shape index (κ1) is 18.2. The summed E-state index contributed by atoms with van der Waals surface area (Å²) in [6, 6.07) is 6.92. The number of nitrogens with zero attached hydrogens (tertiary/aromatic N) is 1. The Morgan fingerprint density at radius 3 is 2.43 bits per heavy atom. The van der Waals surface area contributed by atoms with E-state index in [1.54, 1.807) is 6.92 Å². The van der Waals surface area contributed by atoms with Gasteiger partial charge in [-0.2, -0.15) is 5.26 Å². The Hall–Kier alpha value is -2.88. The molecule has 0 fully saturated rings. The highest BCUT2D eigenvalue weighted by molar-refractivity contribution is 5.99. The average molecular weight is 318 g/mol. The molecule has 1 rings (SSSR count). The molecule has 23 heavy (non-hydrogen) atoms. The molecule has 7 heteroatoms. The number of esters is 2. The van der Waals surface area contributed by atoms with Gasteiger partial charge >= 0.3 is 11.9 Å². The Kier molecular flexibility index (Phi) is 6.74. The summed E-state index contributed by atoms with van der Waals surface area (Å²) >= 11 is 0. The van der Waals surface area contributed by atoms with Gasteiger partial charge in [0, 0.05) is 17.9 Å². The van der Waals surface area contributed by atoms with Crippen LogP contribution in [-0.2, 0) is 14.3 Å². The molecule has 1 amide bonds. The van der Waals surface area contributed by atoms with Gasteiger partial charge in [0.05, 0.1) is 25.9 Å². The number of rotatable bonds is 6. The van der Waals surface area contributed by atoms with Crippen LogP contribution in [0.15, 0.2) is 24.3 Å². The highest BCUT2D eigenvalue weighted by atomic mass is 16.5. The lowest BCUT2D eigenvalue weighted by Gasteiger charge is -2.21. The first-order chi connectivity index (χ1) is 10.9. The summed E-state index contributed by atoms with van der Waals surface area (Å²) in [6.45, 7) is 1.66. The van der Waals surface area contributed by atoms with E-state index in [0.29, 0.717) is 0 Å². The number of benzene rings is 1. The maximum atomic E-state index is 12.3. The number of amides is 1. The molecule has 2 atom stereocenters. The molecule has 0 aliphatic carbocycles. The second kappa shape index (κ2) is 8.54. The third-order valence-corrected chi connectivity index (χ3v) is 3.27. The van der Waals surface area contributed by atoms with E-state index in [2.05, 4.69) is 14.8 Å². The van der Waals surface area contributed by atoms with Gasteiger partial charge in [0.1, 0.15) is 6.04 Å². The zero-order valence-electron chi connectivity index (χ0n) is 13.2. The van der Waals surface area contributed by atoms with Crippen molar-refractivity contribution in [2.45, 2.75) is 19.4 Å². The molecule has 0 heterocycles. The number of hydrogen-bond donors (Lipinski definition) is 1. The van der Waals surface area contributed by atoms with Crippen LogP contribution in [0.5, 0.6) is 0 Å². The van der Waals surface area contributed by atoms with Crippen LogP contribution in [0.2, 0.25) is 0 Å². The quantitative estimate of drug-likeness (QED) is 0.792. The molecule has 1 aromatic rings. The summed E-state index contributed by atoms with van der Waals surface area (Å²) in [6.07, 6.45) is 0.0856. The third kappa shape index (κ3) is 4.81. The van der Waals surface area contributed by atoms with E-state index in [1.807, 2.05) is 6.07 Å². The van der Waals surface area contributed by atoms with E-state index in [1.165, 1.54) is 38.5 Å². The Labute approximate surface area is 134 Å². The molecule has 0 saturated carbocycles. The maximum absolute atomic E-state index is 12.3. The second-order valence-electron chi connectivity index (χ2n) is 4.89. The number of nitrogens with one attached hydrogen (secondary N) is 1. The Balaban J connectivity index is 2.97. The molecule has 0 saturated heterocycles. The smallest absolute Gasteiger partial charge is 0.337 e. The van der Waals surface area contributed by atoms with Crippen LogP contribution in [0.4, 0.5) is 0 Å². The molecule has 7 nitrogen and oxygen atoms in total. The zero-order chi connectivity index (χ0) is 17.4. The summed E-state index contributed by atoms with van der Waals surface area (Å²) in [5.41, 5.74) is 0.422. The van der Waals surface area contributed by atoms with Gasteiger partial charge in [-0.15, -0.1) is 0 Å². The Morgan fingerprint density at radius 2 is 1.87 bits per heavy atom. The van der Waals surface area contributed by atoms with Crippen molar-refractivity contribution in [2.75, 3.05) is 14.2 Å². The molecule has 122 valence electrons. The topological polar surface area (TPSA) is 105 Å². The van der Waals surface area contributed by atoms with Gasteiger partial charge < -0.3 is 14.8 Å². The molecule has 0 spiro atoms. The third-order valence-electron chi connectivity index (χ3n) is 3.27. The monoisotopic (exact) mass is 318 g/mol. The number of carbonyl (C=O) groups excluding carboxylic acids is 3. The fourth-order valence-corrected chi connectivity index (χ4v) is 1.95. The fraction of sp³-hybridized carbons (Fsp3) is 0.375. The number of ether oxygens (including phenoxy) is 2. The largest absolute Gasteiger partial charge is 0.467 e. The van der Waals surface area contributed by atoms with Gasteiger partial charge in [0.15, 0.2) is 0 Å². The zero-order valence-corrected chi connectivity index (χ0v) is 13.2. The van der Waals surface area contributed by atoms with Crippen molar-refractivity contribution in [2.24, 2.45) is 5.92 Å². The summed E-state index contributed by atoms with van der Waals surface area (Å²) in [4.78, 5) is 35.6. The number of nitriles is 1. The molecule has 1 N–H and O–H groups in total. The van der Waals surface area contributed by atoms with Crippen LogP contribution >= 0.6 is 0 Å². The first-order valence-corrected chi connectivity index (χ1v) is 6.88. The van der Waals surface area contributed by atoms with Crippen molar-refractivity contribution >= 4 is 17.8 Å². The minimum atomic E-state index is -0.950. The number of carbonyl (C=O) groups is 3. The molecule has 0 unspecified atom stereocenters. The van der Waals surface area contributed by atoms with Gasteiger partial charge in [-0.1, -0.05) is 13.0 Å². The van der Waals surface area contributed by atoms with Crippen molar-refractivity contribution in [3.05, 3.63) is 35.4 Å². The van der Waals surface area contributed by atoms with E-state index in [0.717, 1.165) is 0 Å². The van der Waals surface area contributed by atoms with Crippen LogP contribution in [0.3, 0.4) is 0 Å². The van der Waals surface area contributed by atoms with Gasteiger partial charge in [-0.05, 0) is 18.2 Å². The Bertz CT molecular complexity index is 636. The summed E-state index contributed by atoms with van der Waals surface area (Å²) in [5.74, 6) is -2.16. The van der Waals surface area contributed by atoms with E-state index >= 15 is 0 Å². The molecule has 0 aliphatic rings. The van der Waals surface area contributed by atoms with E-state index in [-0.39, 0.29) is 17.5 Å². The van der Waals surface area contributed by atoms with E-state index < -0.39 is 29.8 Å². The van der Waals surface area contributed by atoms with Crippen LogP contribution in [-0.4, -0.2) is 38.1 Å². The lowest BCUT2D eigenvalue weighted by atomic mass is 9.98. The molecule has 0 bridgehead atoms. The first-order valence-electron chi connectivity index (χ1n) is 6.88. The standard InChI is InChI=1S/C16H18N2O5/c1-10(7-8-17)13(16(21)23-3)18-14(19)11-5-4-6-12(9-11)15(20)22-2/h4-6,9-10,13H,7H2,1-3H3,(H,18,19)/t10-,13+/m0/s1. The van der Waals surface area contributed by atoms with Gasteiger partial charge in [0.2, 0.25) is 0 Å². The lowest BCUT2D eigenvalue weighted by molar-refractivity contribution is -0.144. The van der Waals surface area contributed by atoms with Crippen LogP contribution in [0.1, 0.15) is 34.1 Å². The van der Waals surface area contributed by atoms with Crippen molar-refractivity contribution in [3.8, 4) is 6.07 Å². The van der Waals surface area contributed by atoms with Crippen LogP contribution in [0, 0.1) is 17.2 Å². The van der Waals surface area contributed by atoms with Crippen molar-refractivity contribution in [1.82, 2.24) is 5.32 Å². The predicted molar refractivity (Wildman–Crippen MR) is 80.4 cm³/mol. The summed E-state index contributed by atoms with van der Waals surface area (Å²) in [7, 11) is 2.45. The predicted octanol–water partition coefficient (Wildman–Crippen LogP) is 1.29. The molecular formula is C16H18N2O5. The van der Waals surface area contributed by atoms with Crippen molar-refractivity contribution in [1.29, 1.82) is 5.26 Å². The maximum Gasteiger partial charge on any atom is 0.337 e. The number of hydrogen-bond acceptors (Lipinski definition) is 6. The summed E-state index contributed by atoms with van der Waals surface area (Å²) in [5, 5.41) is 11.3. The normalized spacial score (nSPS) is 12.4. The van der Waals surface area contributed by atoms with Crippen molar-refractivity contribution < 1.29 is 23.9 Å². The van der Waals surface area contributed by atoms with Crippen LogP contribution in [0.25, 0.3) is 0 Å². The van der Waals surface area contributed by atoms with Crippen LogP contribution < -0.4 is 5.32 Å². The SMILES string of the molecule is COC(=O)c1cccc(C(=O)N[C@@H](C(=O)OC)[C@@H](C)CC#N)c1. The number of methoxy groups -OCH3 is 2. The van der Waals surface area contributed by atoms with Crippen molar-refractivity contribution in [3.63, 3.8) is 0 Å². The highest BCUT2D eigenvalue weighted by Crippen LogP contribution is 2.12.